The highest BCUT2D eigenvalue weighted by atomic mass is 16.6. The lowest BCUT2D eigenvalue weighted by Gasteiger charge is -2.13. The van der Waals surface area contributed by atoms with Gasteiger partial charge < -0.3 is 10.1 Å². The highest BCUT2D eigenvalue weighted by molar-refractivity contribution is 5.29. The van der Waals surface area contributed by atoms with E-state index < -0.39 is 4.92 Å². The summed E-state index contributed by atoms with van der Waals surface area (Å²) in [4.78, 5) is 14.2. The van der Waals surface area contributed by atoms with E-state index in [4.69, 9.17) is 4.74 Å². The zero-order chi connectivity index (χ0) is 12.0. The second-order valence-electron chi connectivity index (χ2n) is 3.41. The number of nitrogens with one attached hydrogen (secondary N) is 1. The van der Waals surface area contributed by atoms with Gasteiger partial charge in [0.05, 0.1) is 11.5 Å². The summed E-state index contributed by atoms with van der Waals surface area (Å²) in [7, 11) is 3.44. The molecule has 1 aromatic heterocycles. The standard InChI is InChI=1S/C10H15N3O3/c1-11-9(7-16-2)5-8-6-10(13(14)15)3-4-12-8/h3-4,6,9,11H,5,7H2,1-2H3. The first-order valence-corrected chi connectivity index (χ1v) is 4.93. The predicted octanol–water partition coefficient (Wildman–Crippen LogP) is 0.767. The Kier molecular flexibility index (Phi) is 4.81. The van der Waals surface area contributed by atoms with Gasteiger partial charge in [-0.15, -0.1) is 0 Å². The van der Waals surface area contributed by atoms with Crippen LogP contribution in [0.15, 0.2) is 18.3 Å². The molecule has 1 atom stereocenters. The number of nitro groups is 1. The molecule has 0 fully saturated rings. The maximum atomic E-state index is 10.6. The molecule has 1 heterocycles. The predicted molar refractivity (Wildman–Crippen MR) is 59.3 cm³/mol. The molecule has 88 valence electrons. The quantitative estimate of drug-likeness (QED) is 0.571. The van der Waals surface area contributed by atoms with E-state index in [2.05, 4.69) is 10.3 Å². The number of likely N-dealkylation sites (N-methyl/N-ethyl adjacent to an activating group) is 1. The van der Waals surface area contributed by atoms with Gasteiger partial charge >= 0.3 is 0 Å². The van der Waals surface area contributed by atoms with Crippen molar-refractivity contribution < 1.29 is 9.66 Å². The van der Waals surface area contributed by atoms with Crippen molar-refractivity contribution >= 4 is 5.69 Å². The van der Waals surface area contributed by atoms with Crippen LogP contribution in [0.5, 0.6) is 0 Å². The van der Waals surface area contributed by atoms with Crippen LogP contribution < -0.4 is 5.32 Å². The van der Waals surface area contributed by atoms with E-state index in [-0.39, 0.29) is 11.7 Å². The molecule has 16 heavy (non-hydrogen) atoms. The zero-order valence-electron chi connectivity index (χ0n) is 9.34. The number of methoxy groups -OCH3 is 1. The number of hydrogen-bond acceptors (Lipinski definition) is 5. The molecule has 1 N–H and O–H groups in total. The van der Waals surface area contributed by atoms with Gasteiger partial charge in [0.25, 0.3) is 5.69 Å². The molecule has 0 aliphatic heterocycles. The molecule has 1 unspecified atom stereocenters. The van der Waals surface area contributed by atoms with E-state index in [0.29, 0.717) is 18.7 Å². The highest BCUT2D eigenvalue weighted by Gasteiger charge is 2.11. The monoisotopic (exact) mass is 225 g/mol. The lowest BCUT2D eigenvalue weighted by Crippen LogP contribution is -2.32. The Morgan fingerprint density at radius 2 is 2.44 bits per heavy atom. The van der Waals surface area contributed by atoms with Crippen molar-refractivity contribution in [1.29, 1.82) is 0 Å². The summed E-state index contributed by atoms with van der Waals surface area (Å²) in [5.74, 6) is 0. The molecule has 0 spiro atoms. The van der Waals surface area contributed by atoms with Gasteiger partial charge in [-0.2, -0.15) is 0 Å². The minimum atomic E-state index is -0.421. The first-order valence-electron chi connectivity index (χ1n) is 4.93. The van der Waals surface area contributed by atoms with Gasteiger partial charge in [-0.1, -0.05) is 0 Å². The average Bonchev–Trinajstić information content (AvgIpc) is 2.29. The van der Waals surface area contributed by atoms with Crippen molar-refractivity contribution in [2.75, 3.05) is 20.8 Å². The summed E-state index contributed by atoms with van der Waals surface area (Å²) in [5, 5.41) is 13.6. The molecule has 0 saturated carbocycles. The minimum Gasteiger partial charge on any atom is -0.383 e. The van der Waals surface area contributed by atoms with E-state index in [1.54, 1.807) is 7.11 Å². The third-order valence-corrected chi connectivity index (χ3v) is 2.24. The number of pyridine rings is 1. The Morgan fingerprint density at radius 3 is 3.00 bits per heavy atom. The van der Waals surface area contributed by atoms with Crippen molar-refractivity contribution in [3.05, 3.63) is 34.1 Å². The van der Waals surface area contributed by atoms with Crippen LogP contribution in [0.25, 0.3) is 0 Å². The SMILES string of the molecule is CNC(COC)Cc1cc([N+](=O)[O-])ccn1. The molecule has 0 radical (unpaired) electrons. The summed E-state index contributed by atoms with van der Waals surface area (Å²) in [6.07, 6.45) is 2.05. The summed E-state index contributed by atoms with van der Waals surface area (Å²) in [6.45, 7) is 0.543. The van der Waals surface area contributed by atoms with Crippen LogP contribution in [-0.2, 0) is 11.2 Å². The van der Waals surface area contributed by atoms with Crippen molar-refractivity contribution in [1.82, 2.24) is 10.3 Å². The van der Waals surface area contributed by atoms with E-state index in [9.17, 15) is 10.1 Å². The van der Waals surface area contributed by atoms with Crippen molar-refractivity contribution in [2.45, 2.75) is 12.5 Å². The normalized spacial score (nSPS) is 12.4. The van der Waals surface area contributed by atoms with E-state index in [1.165, 1.54) is 18.3 Å². The molecule has 0 amide bonds. The summed E-state index contributed by atoms with van der Waals surface area (Å²) in [5.41, 5.74) is 0.753. The smallest absolute Gasteiger partial charge is 0.272 e. The van der Waals surface area contributed by atoms with E-state index in [1.807, 2.05) is 7.05 Å². The second kappa shape index (κ2) is 6.14. The Morgan fingerprint density at radius 1 is 1.69 bits per heavy atom. The lowest BCUT2D eigenvalue weighted by molar-refractivity contribution is -0.385. The first-order chi connectivity index (χ1) is 7.67. The Hall–Kier alpha value is -1.53. The fourth-order valence-electron chi connectivity index (χ4n) is 1.39. The van der Waals surface area contributed by atoms with Gasteiger partial charge in [0.15, 0.2) is 0 Å². The van der Waals surface area contributed by atoms with E-state index in [0.717, 1.165) is 0 Å². The van der Waals surface area contributed by atoms with Crippen LogP contribution in [-0.4, -0.2) is 36.7 Å². The first kappa shape index (κ1) is 12.5. The second-order valence-corrected chi connectivity index (χ2v) is 3.41. The largest absolute Gasteiger partial charge is 0.383 e. The molecule has 0 aliphatic rings. The van der Waals surface area contributed by atoms with Crippen molar-refractivity contribution in [3.8, 4) is 0 Å². The minimum absolute atomic E-state index is 0.0669. The highest BCUT2D eigenvalue weighted by Crippen LogP contribution is 2.11. The molecule has 1 aromatic rings. The fourth-order valence-corrected chi connectivity index (χ4v) is 1.39. The molecule has 0 saturated heterocycles. The Bertz CT molecular complexity index is 357. The molecule has 0 aromatic carbocycles. The average molecular weight is 225 g/mol. The maximum Gasteiger partial charge on any atom is 0.272 e. The number of nitrogens with zero attached hydrogens (tertiary/aromatic N) is 2. The molecule has 1 rings (SSSR count). The molecule has 6 heteroatoms. The number of hydrogen-bond donors (Lipinski definition) is 1. The Labute approximate surface area is 93.8 Å². The molecule has 0 aliphatic carbocycles. The van der Waals surface area contributed by atoms with Gasteiger partial charge in [-0.3, -0.25) is 15.1 Å². The van der Waals surface area contributed by atoms with Crippen LogP contribution >= 0.6 is 0 Å². The van der Waals surface area contributed by atoms with Crippen molar-refractivity contribution in [3.63, 3.8) is 0 Å². The van der Waals surface area contributed by atoms with Gasteiger partial charge in [-0.25, -0.2) is 0 Å². The summed E-state index contributed by atoms with van der Waals surface area (Å²) in [6, 6.07) is 2.98. The van der Waals surface area contributed by atoms with Gasteiger partial charge in [0.2, 0.25) is 0 Å². The third kappa shape index (κ3) is 3.56. The molecular formula is C10H15N3O3. The van der Waals surface area contributed by atoms with Crippen LogP contribution in [0.1, 0.15) is 5.69 Å². The molecule has 0 bridgehead atoms. The fraction of sp³-hybridized carbons (Fsp3) is 0.500. The zero-order valence-corrected chi connectivity index (χ0v) is 9.34. The third-order valence-electron chi connectivity index (χ3n) is 2.24. The van der Waals surface area contributed by atoms with Crippen LogP contribution in [0.3, 0.4) is 0 Å². The number of rotatable bonds is 6. The lowest BCUT2D eigenvalue weighted by atomic mass is 10.1. The van der Waals surface area contributed by atoms with Crippen LogP contribution in [0.4, 0.5) is 5.69 Å². The van der Waals surface area contributed by atoms with Gasteiger partial charge in [0, 0.05) is 43.6 Å². The van der Waals surface area contributed by atoms with Crippen molar-refractivity contribution in [2.24, 2.45) is 0 Å². The van der Waals surface area contributed by atoms with Gasteiger partial charge in [-0.05, 0) is 7.05 Å². The molecular weight excluding hydrogens is 210 g/mol. The maximum absolute atomic E-state index is 10.6. The van der Waals surface area contributed by atoms with E-state index >= 15 is 0 Å². The Balaban J connectivity index is 2.72. The number of ether oxygens (including phenoxy) is 1. The van der Waals surface area contributed by atoms with Gasteiger partial charge in [0.1, 0.15) is 0 Å². The van der Waals surface area contributed by atoms with Crippen LogP contribution in [0, 0.1) is 10.1 Å². The molecule has 6 nitrogen and oxygen atoms in total. The topological polar surface area (TPSA) is 77.3 Å². The summed E-state index contributed by atoms with van der Waals surface area (Å²) < 4.78 is 5.02. The number of aromatic nitrogens is 1. The summed E-state index contributed by atoms with van der Waals surface area (Å²) >= 11 is 0. The van der Waals surface area contributed by atoms with Crippen LogP contribution in [0.2, 0.25) is 0 Å².